The van der Waals surface area contributed by atoms with Gasteiger partial charge >= 0.3 is 5.97 Å². The molecule has 3 nitrogen and oxygen atoms in total. The number of aromatic amines is 1. The molecule has 1 fully saturated rings. The molecular formula is C21H20ClNO2. The summed E-state index contributed by atoms with van der Waals surface area (Å²) in [4.78, 5) is 14.9. The molecule has 0 spiro atoms. The van der Waals surface area contributed by atoms with Crippen molar-refractivity contribution in [3.8, 4) is 11.3 Å². The van der Waals surface area contributed by atoms with Crippen LogP contribution in [0.15, 0.2) is 42.5 Å². The molecule has 25 heavy (non-hydrogen) atoms. The number of aromatic carboxylic acids is 1. The molecule has 0 amide bonds. The van der Waals surface area contributed by atoms with E-state index < -0.39 is 5.97 Å². The number of H-pyrrole nitrogens is 1. The summed E-state index contributed by atoms with van der Waals surface area (Å²) in [6.07, 6.45) is 6.12. The van der Waals surface area contributed by atoms with E-state index in [4.69, 9.17) is 11.6 Å². The van der Waals surface area contributed by atoms with Crippen molar-refractivity contribution in [1.82, 2.24) is 4.98 Å². The van der Waals surface area contributed by atoms with Crippen molar-refractivity contribution in [3.05, 3.63) is 58.6 Å². The van der Waals surface area contributed by atoms with E-state index in [1.165, 1.54) is 37.7 Å². The van der Waals surface area contributed by atoms with Crippen LogP contribution in [-0.4, -0.2) is 16.1 Å². The first-order chi connectivity index (χ1) is 12.2. The van der Waals surface area contributed by atoms with Gasteiger partial charge in [-0.25, -0.2) is 4.79 Å². The van der Waals surface area contributed by atoms with E-state index in [-0.39, 0.29) is 5.56 Å². The average Bonchev–Trinajstić information content (AvgIpc) is 3.04. The Balaban J connectivity index is 1.98. The zero-order chi connectivity index (χ0) is 17.4. The monoisotopic (exact) mass is 353 g/mol. The summed E-state index contributed by atoms with van der Waals surface area (Å²) in [5, 5.41) is 10.7. The molecule has 1 saturated carbocycles. The van der Waals surface area contributed by atoms with Crippen LogP contribution < -0.4 is 0 Å². The summed E-state index contributed by atoms with van der Waals surface area (Å²) in [5.74, 6) is -0.508. The second-order valence-electron chi connectivity index (χ2n) is 6.77. The number of nitrogens with one attached hydrogen (secondary N) is 1. The third kappa shape index (κ3) is 2.83. The Labute approximate surface area is 151 Å². The van der Waals surface area contributed by atoms with Crippen LogP contribution in [0.4, 0.5) is 0 Å². The summed E-state index contributed by atoms with van der Waals surface area (Å²) in [6, 6.07) is 13.8. The van der Waals surface area contributed by atoms with Crippen LogP contribution in [-0.2, 0) is 0 Å². The van der Waals surface area contributed by atoms with Crippen molar-refractivity contribution < 1.29 is 9.90 Å². The number of hydrogen-bond donors (Lipinski definition) is 2. The number of halogens is 1. The van der Waals surface area contributed by atoms with E-state index in [2.05, 4.69) is 17.1 Å². The third-order valence-corrected chi connectivity index (χ3v) is 5.65. The molecule has 0 radical (unpaired) electrons. The predicted octanol–water partition coefficient (Wildman–Crippen LogP) is 6.23. The van der Waals surface area contributed by atoms with E-state index in [9.17, 15) is 9.90 Å². The number of carbonyl (C=O) groups is 1. The average molecular weight is 354 g/mol. The van der Waals surface area contributed by atoms with E-state index in [0.29, 0.717) is 10.9 Å². The lowest BCUT2D eigenvalue weighted by Crippen LogP contribution is -2.05. The van der Waals surface area contributed by atoms with Gasteiger partial charge in [-0.1, -0.05) is 67.3 Å². The van der Waals surface area contributed by atoms with Gasteiger partial charge in [0.15, 0.2) is 0 Å². The Kier molecular flexibility index (Phi) is 4.26. The number of carboxylic acids is 1. The van der Waals surface area contributed by atoms with Gasteiger partial charge in [0, 0.05) is 5.39 Å². The molecule has 0 bridgehead atoms. The van der Waals surface area contributed by atoms with Gasteiger partial charge < -0.3 is 10.1 Å². The molecule has 4 heteroatoms. The highest BCUT2D eigenvalue weighted by Crippen LogP contribution is 2.44. The largest absolute Gasteiger partial charge is 0.478 e. The molecule has 1 aromatic heterocycles. The molecule has 4 rings (SSSR count). The molecule has 2 N–H and O–H groups in total. The van der Waals surface area contributed by atoms with Crippen LogP contribution in [0, 0.1) is 0 Å². The highest BCUT2D eigenvalue weighted by molar-refractivity contribution is 6.38. The zero-order valence-electron chi connectivity index (χ0n) is 13.9. The first-order valence-corrected chi connectivity index (χ1v) is 9.17. The molecular weight excluding hydrogens is 334 g/mol. The molecule has 1 aliphatic carbocycles. The molecule has 1 heterocycles. The molecule has 2 aromatic carbocycles. The molecule has 3 aromatic rings. The smallest absolute Gasteiger partial charge is 0.337 e. The molecule has 0 aliphatic heterocycles. The van der Waals surface area contributed by atoms with Gasteiger partial charge in [0.1, 0.15) is 0 Å². The van der Waals surface area contributed by atoms with Gasteiger partial charge in [-0.05, 0) is 36.0 Å². The normalized spacial score (nSPS) is 15.6. The predicted molar refractivity (Wildman–Crippen MR) is 102 cm³/mol. The molecule has 128 valence electrons. The van der Waals surface area contributed by atoms with Crippen LogP contribution in [0.1, 0.15) is 53.9 Å². The fourth-order valence-corrected chi connectivity index (χ4v) is 4.36. The number of carboxylic acid groups (broad SMARTS) is 1. The topological polar surface area (TPSA) is 53.1 Å². The Morgan fingerprint density at radius 2 is 1.76 bits per heavy atom. The Morgan fingerprint density at radius 3 is 2.44 bits per heavy atom. The number of benzene rings is 2. The summed E-state index contributed by atoms with van der Waals surface area (Å²) >= 11 is 6.44. The summed E-state index contributed by atoms with van der Waals surface area (Å²) < 4.78 is 0. The van der Waals surface area contributed by atoms with Crippen LogP contribution in [0.2, 0.25) is 5.02 Å². The van der Waals surface area contributed by atoms with Crippen LogP contribution in [0.25, 0.3) is 22.2 Å². The van der Waals surface area contributed by atoms with Crippen molar-refractivity contribution in [3.63, 3.8) is 0 Å². The van der Waals surface area contributed by atoms with Crippen molar-refractivity contribution in [2.45, 2.75) is 38.0 Å². The van der Waals surface area contributed by atoms with Crippen molar-refractivity contribution in [2.75, 3.05) is 0 Å². The first-order valence-electron chi connectivity index (χ1n) is 8.79. The van der Waals surface area contributed by atoms with E-state index >= 15 is 0 Å². The maximum atomic E-state index is 11.4. The first kappa shape index (κ1) is 16.2. The van der Waals surface area contributed by atoms with Crippen LogP contribution in [0.5, 0.6) is 0 Å². The SMILES string of the molecule is O=C(O)c1ccc2c(C3CCCCC3)c(-c3ccccc3)[nH]c2c1Cl. The number of aromatic nitrogens is 1. The Hall–Kier alpha value is -2.26. The Morgan fingerprint density at radius 1 is 1.04 bits per heavy atom. The fourth-order valence-electron chi connectivity index (χ4n) is 4.06. The third-order valence-electron chi connectivity index (χ3n) is 5.26. The minimum atomic E-state index is -0.998. The molecule has 1 aliphatic rings. The maximum Gasteiger partial charge on any atom is 0.337 e. The van der Waals surface area contributed by atoms with E-state index in [1.54, 1.807) is 6.07 Å². The minimum Gasteiger partial charge on any atom is -0.478 e. The van der Waals surface area contributed by atoms with Crippen LogP contribution in [0.3, 0.4) is 0 Å². The lowest BCUT2D eigenvalue weighted by molar-refractivity contribution is 0.0697. The molecule has 0 atom stereocenters. The highest BCUT2D eigenvalue weighted by Gasteiger charge is 2.25. The number of fused-ring (bicyclic) bond motifs is 1. The standard InChI is InChI=1S/C21H20ClNO2/c22-18-16(21(24)25)12-11-15-17(13-7-3-1-4-8-13)19(23-20(15)18)14-9-5-2-6-10-14/h2,5-6,9-13,23H,1,3-4,7-8H2,(H,24,25). The number of hydrogen-bond acceptors (Lipinski definition) is 1. The minimum absolute atomic E-state index is 0.144. The molecule has 0 saturated heterocycles. The van der Waals surface area contributed by atoms with E-state index in [0.717, 1.165) is 22.2 Å². The quantitative estimate of drug-likeness (QED) is 0.586. The fraction of sp³-hybridized carbons (Fsp3) is 0.286. The van der Waals surface area contributed by atoms with Gasteiger partial charge in [0.25, 0.3) is 0 Å². The highest BCUT2D eigenvalue weighted by atomic mass is 35.5. The lowest BCUT2D eigenvalue weighted by atomic mass is 9.82. The zero-order valence-corrected chi connectivity index (χ0v) is 14.6. The number of rotatable bonds is 3. The summed E-state index contributed by atoms with van der Waals surface area (Å²) in [6.45, 7) is 0. The second-order valence-corrected chi connectivity index (χ2v) is 7.15. The molecule has 0 unspecified atom stereocenters. The van der Waals surface area contributed by atoms with Crippen LogP contribution >= 0.6 is 11.6 Å². The Bertz CT molecular complexity index is 924. The van der Waals surface area contributed by atoms with Gasteiger partial charge in [0.05, 0.1) is 21.8 Å². The van der Waals surface area contributed by atoms with Gasteiger partial charge in [-0.15, -0.1) is 0 Å². The summed E-state index contributed by atoms with van der Waals surface area (Å²) in [7, 11) is 0. The van der Waals surface area contributed by atoms with Gasteiger partial charge in [-0.3, -0.25) is 0 Å². The van der Waals surface area contributed by atoms with Gasteiger partial charge in [-0.2, -0.15) is 0 Å². The van der Waals surface area contributed by atoms with Crippen molar-refractivity contribution >= 4 is 28.5 Å². The van der Waals surface area contributed by atoms with Crippen molar-refractivity contribution in [2.24, 2.45) is 0 Å². The van der Waals surface area contributed by atoms with E-state index in [1.807, 2.05) is 24.3 Å². The lowest BCUT2D eigenvalue weighted by Gasteiger charge is -2.23. The van der Waals surface area contributed by atoms with Gasteiger partial charge in [0.2, 0.25) is 0 Å². The maximum absolute atomic E-state index is 11.4. The summed E-state index contributed by atoms with van der Waals surface area (Å²) in [5.41, 5.74) is 4.37. The second kappa shape index (κ2) is 6.57. The van der Waals surface area contributed by atoms with Crippen molar-refractivity contribution in [1.29, 1.82) is 0 Å².